The molecule has 0 aromatic heterocycles. The van der Waals surface area contributed by atoms with Crippen LogP contribution in [0.2, 0.25) is 0 Å². The van der Waals surface area contributed by atoms with E-state index in [1.54, 1.807) is 0 Å². The SMILES string of the molecule is CC(C)N1CCC[C@@H](CNC(=O)c2c(F)cccc2F)C1. The van der Waals surface area contributed by atoms with Crippen molar-refractivity contribution in [3.05, 3.63) is 35.4 Å². The first kappa shape index (κ1) is 15.9. The summed E-state index contributed by atoms with van der Waals surface area (Å²) in [5.74, 6) is -1.98. The molecule has 1 aliphatic heterocycles. The van der Waals surface area contributed by atoms with Crippen LogP contribution in [0.25, 0.3) is 0 Å². The minimum Gasteiger partial charge on any atom is -0.352 e. The molecule has 1 fully saturated rings. The van der Waals surface area contributed by atoms with Crippen molar-refractivity contribution in [2.45, 2.75) is 32.7 Å². The number of rotatable bonds is 4. The Bertz CT molecular complexity index is 485. The normalized spacial score (nSPS) is 19.8. The van der Waals surface area contributed by atoms with Crippen molar-refractivity contribution in [3.63, 3.8) is 0 Å². The number of nitrogens with zero attached hydrogens (tertiary/aromatic N) is 1. The largest absolute Gasteiger partial charge is 0.352 e. The Morgan fingerprint density at radius 1 is 1.38 bits per heavy atom. The fraction of sp³-hybridized carbons (Fsp3) is 0.562. The van der Waals surface area contributed by atoms with Gasteiger partial charge in [0, 0.05) is 19.1 Å². The van der Waals surface area contributed by atoms with Gasteiger partial charge < -0.3 is 10.2 Å². The van der Waals surface area contributed by atoms with Crippen molar-refractivity contribution in [1.82, 2.24) is 10.2 Å². The zero-order valence-electron chi connectivity index (χ0n) is 12.5. The van der Waals surface area contributed by atoms with Crippen LogP contribution in [0, 0.1) is 17.6 Å². The molecule has 0 spiro atoms. The van der Waals surface area contributed by atoms with Crippen LogP contribution in [-0.2, 0) is 0 Å². The average molecular weight is 296 g/mol. The molecule has 3 nitrogen and oxygen atoms in total. The fourth-order valence-electron chi connectivity index (χ4n) is 2.77. The maximum atomic E-state index is 13.5. The van der Waals surface area contributed by atoms with E-state index in [-0.39, 0.29) is 0 Å². The lowest BCUT2D eigenvalue weighted by Gasteiger charge is -2.35. The van der Waals surface area contributed by atoms with Gasteiger partial charge in [-0.3, -0.25) is 4.79 Å². The van der Waals surface area contributed by atoms with E-state index in [9.17, 15) is 13.6 Å². The molecule has 116 valence electrons. The molecule has 1 heterocycles. The molecule has 5 heteroatoms. The summed E-state index contributed by atoms with van der Waals surface area (Å²) in [5, 5.41) is 2.66. The topological polar surface area (TPSA) is 32.3 Å². The third-order valence-corrected chi connectivity index (χ3v) is 4.02. The minimum absolute atomic E-state index is 0.333. The van der Waals surface area contributed by atoms with E-state index < -0.39 is 23.1 Å². The molecule has 1 aliphatic rings. The highest BCUT2D eigenvalue weighted by molar-refractivity contribution is 5.94. The van der Waals surface area contributed by atoms with Gasteiger partial charge >= 0.3 is 0 Å². The van der Waals surface area contributed by atoms with Gasteiger partial charge in [0.2, 0.25) is 0 Å². The maximum Gasteiger partial charge on any atom is 0.257 e. The molecule has 0 unspecified atom stereocenters. The van der Waals surface area contributed by atoms with Crippen molar-refractivity contribution >= 4 is 5.91 Å². The van der Waals surface area contributed by atoms with E-state index in [0.29, 0.717) is 18.5 Å². The first-order valence-corrected chi connectivity index (χ1v) is 7.45. The van der Waals surface area contributed by atoms with Crippen LogP contribution in [0.15, 0.2) is 18.2 Å². The van der Waals surface area contributed by atoms with E-state index in [1.807, 2.05) is 0 Å². The third-order valence-electron chi connectivity index (χ3n) is 4.02. The first-order chi connectivity index (χ1) is 9.99. The van der Waals surface area contributed by atoms with E-state index in [0.717, 1.165) is 38.1 Å². The number of benzene rings is 1. The van der Waals surface area contributed by atoms with Crippen molar-refractivity contribution in [1.29, 1.82) is 0 Å². The summed E-state index contributed by atoms with van der Waals surface area (Å²) in [6.07, 6.45) is 2.12. The van der Waals surface area contributed by atoms with E-state index >= 15 is 0 Å². The van der Waals surface area contributed by atoms with Crippen LogP contribution < -0.4 is 5.32 Å². The van der Waals surface area contributed by atoms with Crippen LogP contribution in [0.3, 0.4) is 0 Å². The highest BCUT2D eigenvalue weighted by Crippen LogP contribution is 2.18. The molecule has 1 aromatic rings. The van der Waals surface area contributed by atoms with Crippen LogP contribution >= 0.6 is 0 Å². The number of carbonyl (C=O) groups excluding carboxylic acids is 1. The first-order valence-electron chi connectivity index (χ1n) is 7.45. The second-order valence-corrected chi connectivity index (χ2v) is 5.90. The monoisotopic (exact) mass is 296 g/mol. The van der Waals surface area contributed by atoms with Crippen molar-refractivity contribution < 1.29 is 13.6 Å². The predicted molar refractivity (Wildman–Crippen MR) is 78.1 cm³/mol. The molecule has 0 bridgehead atoms. The molecule has 1 amide bonds. The van der Waals surface area contributed by atoms with Gasteiger partial charge in [0.1, 0.15) is 17.2 Å². The number of nitrogens with one attached hydrogen (secondary N) is 1. The lowest BCUT2D eigenvalue weighted by atomic mass is 9.97. The summed E-state index contributed by atoms with van der Waals surface area (Å²) < 4.78 is 27.1. The summed E-state index contributed by atoms with van der Waals surface area (Å²) in [7, 11) is 0. The minimum atomic E-state index is -0.819. The van der Waals surface area contributed by atoms with Gasteiger partial charge in [-0.15, -0.1) is 0 Å². The number of piperidine rings is 1. The summed E-state index contributed by atoms with van der Waals surface area (Å²) in [6.45, 7) is 6.74. The van der Waals surface area contributed by atoms with Gasteiger partial charge in [0.15, 0.2) is 0 Å². The molecule has 1 N–H and O–H groups in total. The lowest BCUT2D eigenvalue weighted by Crippen LogP contribution is -2.43. The predicted octanol–water partition coefficient (Wildman–Crippen LogP) is 2.82. The zero-order valence-corrected chi connectivity index (χ0v) is 12.5. The Labute approximate surface area is 124 Å². The Balaban J connectivity index is 1.92. The van der Waals surface area contributed by atoms with Gasteiger partial charge in [-0.25, -0.2) is 8.78 Å². The van der Waals surface area contributed by atoms with Gasteiger partial charge in [0.25, 0.3) is 5.91 Å². The summed E-state index contributed by atoms with van der Waals surface area (Å²) in [6, 6.07) is 3.92. The number of hydrogen-bond donors (Lipinski definition) is 1. The number of likely N-dealkylation sites (tertiary alicyclic amines) is 1. The van der Waals surface area contributed by atoms with Crippen LogP contribution in [0.5, 0.6) is 0 Å². The van der Waals surface area contributed by atoms with Crippen LogP contribution in [0.1, 0.15) is 37.0 Å². The number of hydrogen-bond acceptors (Lipinski definition) is 2. The fourth-order valence-corrected chi connectivity index (χ4v) is 2.77. The van der Waals surface area contributed by atoms with Gasteiger partial charge in [-0.2, -0.15) is 0 Å². The van der Waals surface area contributed by atoms with Gasteiger partial charge in [-0.1, -0.05) is 6.07 Å². The number of halogens is 2. The molecule has 1 aromatic carbocycles. The molecule has 1 saturated heterocycles. The Kier molecular flexibility index (Phi) is 5.28. The second-order valence-electron chi connectivity index (χ2n) is 5.90. The van der Waals surface area contributed by atoms with Crippen molar-refractivity contribution in [2.24, 2.45) is 5.92 Å². The molecular weight excluding hydrogens is 274 g/mol. The number of carbonyl (C=O) groups is 1. The molecule has 0 aliphatic carbocycles. The molecule has 0 saturated carbocycles. The quantitative estimate of drug-likeness (QED) is 0.926. The Morgan fingerprint density at radius 3 is 2.67 bits per heavy atom. The van der Waals surface area contributed by atoms with Crippen molar-refractivity contribution in [2.75, 3.05) is 19.6 Å². The Hall–Kier alpha value is -1.49. The summed E-state index contributed by atoms with van der Waals surface area (Å²) >= 11 is 0. The highest BCUT2D eigenvalue weighted by atomic mass is 19.1. The molecule has 21 heavy (non-hydrogen) atoms. The molecular formula is C16H22F2N2O. The Morgan fingerprint density at radius 2 is 2.05 bits per heavy atom. The zero-order chi connectivity index (χ0) is 15.4. The smallest absolute Gasteiger partial charge is 0.257 e. The van der Waals surface area contributed by atoms with E-state index in [1.165, 1.54) is 6.07 Å². The summed E-state index contributed by atoms with van der Waals surface area (Å²) in [4.78, 5) is 14.3. The van der Waals surface area contributed by atoms with Gasteiger partial charge in [0.05, 0.1) is 0 Å². The molecule has 2 rings (SSSR count). The average Bonchev–Trinajstić information content (AvgIpc) is 2.45. The third kappa shape index (κ3) is 4.00. The van der Waals surface area contributed by atoms with Crippen molar-refractivity contribution in [3.8, 4) is 0 Å². The van der Waals surface area contributed by atoms with E-state index in [2.05, 4.69) is 24.1 Å². The lowest BCUT2D eigenvalue weighted by molar-refractivity contribution is 0.0914. The maximum absolute atomic E-state index is 13.5. The van der Waals surface area contributed by atoms with E-state index in [4.69, 9.17) is 0 Å². The van der Waals surface area contributed by atoms with Crippen LogP contribution in [-0.4, -0.2) is 36.5 Å². The van der Waals surface area contributed by atoms with Gasteiger partial charge in [-0.05, 0) is 51.3 Å². The standard InChI is InChI=1S/C16H22F2N2O/c1-11(2)20-8-4-5-12(10-20)9-19-16(21)15-13(17)6-3-7-14(15)18/h3,6-7,11-12H,4-5,8-10H2,1-2H3,(H,19,21)/t12-/m0/s1. The summed E-state index contributed by atoms with van der Waals surface area (Å²) in [5.41, 5.74) is -0.492. The molecule has 1 atom stereocenters. The highest BCUT2D eigenvalue weighted by Gasteiger charge is 2.23. The molecule has 0 radical (unpaired) electrons. The number of amides is 1. The van der Waals surface area contributed by atoms with Crippen LogP contribution in [0.4, 0.5) is 8.78 Å². The second kappa shape index (κ2) is 6.98.